The lowest BCUT2D eigenvalue weighted by Crippen LogP contribution is -2.23. The molecule has 0 aromatic heterocycles. The molecular weight excluding hydrogens is 254 g/mol. The number of nitrogens with one attached hydrogen (secondary N) is 2. The van der Waals surface area contributed by atoms with Gasteiger partial charge in [0.05, 0.1) is 4.92 Å². The van der Waals surface area contributed by atoms with Gasteiger partial charge in [0.25, 0.3) is 0 Å². The van der Waals surface area contributed by atoms with Crippen molar-refractivity contribution in [3.05, 3.63) is 28.3 Å². The van der Waals surface area contributed by atoms with E-state index in [9.17, 15) is 10.1 Å². The van der Waals surface area contributed by atoms with Gasteiger partial charge in [-0.05, 0) is 31.4 Å². The molecule has 1 aliphatic carbocycles. The smallest absolute Gasteiger partial charge is 0.315 e. The third kappa shape index (κ3) is 3.62. The van der Waals surface area contributed by atoms with Gasteiger partial charge in [-0.1, -0.05) is 32.3 Å². The van der Waals surface area contributed by atoms with Crippen LogP contribution < -0.4 is 10.6 Å². The highest BCUT2D eigenvalue weighted by atomic mass is 16.6. The van der Waals surface area contributed by atoms with E-state index < -0.39 is 0 Å². The van der Waals surface area contributed by atoms with E-state index >= 15 is 0 Å². The van der Waals surface area contributed by atoms with Crippen LogP contribution in [0.1, 0.15) is 45.4 Å². The van der Waals surface area contributed by atoms with E-state index in [1.807, 2.05) is 19.1 Å². The van der Waals surface area contributed by atoms with Crippen molar-refractivity contribution < 1.29 is 4.92 Å². The summed E-state index contributed by atoms with van der Waals surface area (Å²) in [5.41, 5.74) is 1.42. The van der Waals surface area contributed by atoms with Gasteiger partial charge < -0.3 is 10.6 Å². The second kappa shape index (κ2) is 7.12. The van der Waals surface area contributed by atoms with Crippen LogP contribution in [0.25, 0.3) is 0 Å². The Hall–Kier alpha value is -1.78. The lowest BCUT2D eigenvalue weighted by atomic mass is 9.95. The van der Waals surface area contributed by atoms with Crippen LogP contribution in [-0.2, 0) is 0 Å². The number of nitro benzene ring substituents is 1. The van der Waals surface area contributed by atoms with Crippen molar-refractivity contribution >= 4 is 17.1 Å². The summed E-state index contributed by atoms with van der Waals surface area (Å²) in [5.74, 6) is 0. The molecule has 1 aromatic carbocycles. The summed E-state index contributed by atoms with van der Waals surface area (Å²) in [5, 5.41) is 17.9. The van der Waals surface area contributed by atoms with Gasteiger partial charge in [-0.25, -0.2) is 0 Å². The lowest BCUT2D eigenvalue weighted by Gasteiger charge is -2.24. The van der Waals surface area contributed by atoms with Crippen LogP contribution in [0.3, 0.4) is 0 Å². The number of nitro groups is 1. The monoisotopic (exact) mass is 277 g/mol. The number of hydrogen-bond acceptors (Lipinski definition) is 4. The number of rotatable bonds is 6. The minimum Gasteiger partial charge on any atom is -0.379 e. The summed E-state index contributed by atoms with van der Waals surface area (Å²) in [6.07, 6.45) is 6.84. The maximum absolute atomic E-state index is 11.4. The molecule has 0 radical (unpaired) electrons. The van der Waals surface area contributed by atoms with Crippen LogP contribution in [0.15, 0.2) is 18.2 Å². The maximum atomic E-state index is 11.4. The highest BCUT2D eigenvalue weighted by Gasteiger charge is 2.22. The molecule has 0 saturated heterocycles. The maximum Gasteiger partial charge on any atom is 0.315 e. The molecule has 1 aromatic rings. The number of benzene rings is 1. The van der Waals surface area contributed by atoms with Crippen molar-refractivity contribution in [1.29, 1.82) is 0 Å². The molecule has 0 amide bonds. The van der Waals surface area contributed by atoms with E-state index in [0.29, 0.717) is 17.4 Å². The number of nitrogens with zero attached hydrogens (tertiary/aromatic N) is 1. The highest BCUT2D eigenvalue weighted by Crippen LogP contribution is 2.34. The Labute approximate surface area is 119 Å². The minimum atomic E-state index is -0.289. The third-order valence-corrected chi connectivity index (χ3v) is 3.75. The molecule has 5 heteroatoms. The average molecular weight is 277 g/mol. The number of anilines is 2. The summed E-state index contributed by atoms with van der Waals surface area (Å²) in [6.45, 7) is 2.79. The van der Waals surface area contributed by atoms with Crippen molar-refractivity contribution in [2.24, 2.45) is 0 Å². The van der Waals surface area contributed by atoms with Gasteiger partial charge in [-0.2, -0.15) is 0 Å². The van der Waals surface area contributed by atoms with Gasteiger partial charge >= 0.3 is 5.69 Å². The first-order valence-corrected chi connectivity index (χ1v) is 7.50. The van der Waals surface area contributed by atoms with Crippen LogP contribution in [-0.4, -0.2) is 17.5 Å². The molecule has 2 rings (SSSR count). The van der Waals surface area contributed by atoms with Crippen molar-refractivity contribution in [1.82, 2.24) is 0 Å². The first kappa shape index (κ1) is 14.6. The summed E-state index contributed by atoms with van der Waals surface area (Å²) in [4.78, 5) is 11.1. The molecule has 0 atom stereocenters. The van der Waals surface area contributed by atoms with Gasteiger partial charge in [0.1, 0.15) is 11.4 Å². The first-order valence-electron chi connectivity index (χ1n) is 7.50. The molecule has 20 heavy (non-hydrogen) atoms. The standard InChI is InChI=1S/C15H23N3O2/c1-2-11-16-13-9-6-10-14(15(13)18(19)20)17-12-7-4-3-5-8-12/h6,9-10,12,16-17H,2-5,7-8,11H2,1H3. The molecule has 2 N–H and O–H groups in total. The number of para-hydroxylation sites is 1. The second-order valence-corrected chi connectivity index (χ2v) is 5.36. The van der Waals surface area contributed by atoms with Crippen LogP contribution >= 0.6 is 0 Å². The van der Waals surface area contributed by atoms with Crippen molar-refractivity contribution in [2.45, 2.75) is 51.5 Å². The predicted octanol–water partition coefficient (Wildman–Crippen LogP) is 4.16. The summed E-state index contributed by atoms with van der Waals surface area (Å²) in [7, 11) is 0. The van der Waals surface area contributed by atoms with E-state index in [1.165, 1.54) is 19.3 Å². The fourth-order valence-electron chi connectivity index (χ4n) is 2.73. The molecule has 0 unspecified atom stereocenters. The fraction of sp³-hybridized carbons (Fsp3) is 0.600. The van der Waals surface area contributed by atoms with Crippen LogP contribution in [0, 0.1) is 10.1 Å². The van der Waals surface area contributed by atoms with Crippen molar-refractivity contribution in [2.75, 3.05) is 17.2 Å². The lowest BCUT2D eigenvalue weighted by molar-refractivity contribution is -0.383. The molecule has 0 heterocycles. The SMILES string of the molecule is CCCNc1cccc(NC2CCCCC2)c1[N+](=O)[O-]. The van der Waals surface area contributed by atoms with E-state index in [4.69, 9.17) is 0 Å². The first-order chi connectivity index (χ1) is 9.72. The van der Waals surface area contributed by atoms with Crippen LogP contribution in [0.2, 0.25) is 0 Å². The second-order valence-electron chi connectivity index (χ2n) is 5.36. The topological polar surface area (TPSA) is 67.2 Å². The van der Waals surface area contributed by atoms with E-state index in [0.717, 1.165) is 25.8 Å². The van der Waals surface area contributed by atoms with Gasteiger partial charge in [0.2, 0.25) is 0 Å². The Kier molecular flexibility index (Phi) is 5.21. The molecular formula is C15H23N3O2. The Morgan fingerprint density at radius 2 is 1.95 bits per heavy atom. The zero-order chi connectivity index (χ0) is 14.4. The van der Waals surface area contributed by atoms with Crippen LogP contribution in [0.4, 0.5) is 17.1 Å². The highest BCUT2D eigenvalue weighted by molar-refractivity contribution is 5.76. The average Bonchev–Trinajstić information content (AvgIpc) is 2.46. The van der Waals surface area contributed by atoms with Gasteiger partial charge in [-0.3, -0.25) is 10.1 Å². The zero-order valence-electron chi connectivity index (χ0n) is 12.0. The van der Waals surface area contributed by atoms with Gasteiger partial charge in [0, 0.05) is 12.6 Å². The molecule has 0 aliphatic heterocycles. The molecule has 1 saturated carbocycles. The van der Waals surface area contributed by atoms with Crippen molar-refractivity contribution in [3.8, 4) is 0 Å². The molecule has 0 spiro atoms. The molecule has 0 bridgehead atoms. The van der Waals surface area contributed by atoms with E-state index in [1.54, 1.807) is 6.07 Å². The fourth-order valence-corrected chi connectivity index (χ4v) is 2.73. The van der Waals surface area contributed by atoms with Crippen molar-refractivity contribution in [3.63, 3.8) is 0 Å². The zero-order valence-corrected chi connectivity index (χ0v) is 12.0. The Morgan fingerprint density at radius 3 is 2.60 bits per heavy atom. The van der Waals surface area contributed by atoms with E-state index in [2.05, 4.69) is 10.6 Å². The summed E-state index contributed by atoms with van der Waals surface area (Å²) < 4.78 is 0. The molecule has 1 aliphatic rings. The van der Waals surface area contributed by atoms with Gasteiger partial charge in [-0.15, -0.1) is 0 Å². The molecule has 5 nitrogen and oxygen atoms in total. The number of hydrogen-bond donors (Lipinski definition) is 2. The Morgan fingerprint density at radius 1 is 1.25 bits per heavy atom. The molecule has 1 fully saturated rings. The molecule has 110 valence electrons. The summed E-state index contributed by atoms with van der Waals surface area (Å²) in [6, 6.07) is 5.82. The largest absolute Gasteiger partial charge is 0.379 e. The predicted molar refractivity (Wildman–Crippen MR) is 82.4 cm³/mol. The summed E-state index contributed by atoms with van der Waals surface area (Å²) >= 11 is 0. The van der Waals surface area contributed by atoms with Crippen LogP contribution in [0.5, 0.6) is 0 Å². The normalized spacial score (nSPS) is 15.8. The Bertz CT molecular complexity index is 456. The quantitative estimate of drug-likeness (QED) is 0.605. The Balaban J connectivity index is 2.19. The van der Waals surface area contributed by atoms with E-state index in [-0.39, 0.29) is 10.6 Å². The van der Waals surface area contributed by atoms with Gasteiger partial charge in [0.15, 0.2) is 0 Å². The minimum absolute atomic E-state index is 0.173. The third-order valence-electron chi connectivity index (χ3n) is 3.75.